The molecule has 2 saturated heterocycles. The van der Waals surface area contributed by atoms with Crippen molar-refractivity contribution in [1.82, 2.24) is 24.5 Å². The Labute approximate surface area is 160 Å². The summed E-state index contributed by atoms with van der Waals surface area (Å²) in [6, 6.07) is 0. The molecule has 0 spiro atoms. The second-order valence-electron chi connectivity index (χ2n) is 6.77. The summed E-state index contributed by atoms with van der Waals surface area (Å²) in [4.78, 5) is 13.5. The fraction of sp³-hybridized carbons (Fsp3) is 0.688. The van der Waals surface area contributed by atoms with Crippen molar-refractivity contribution in [2.45, 2.75) is 49.0 Å². The van der Waals surface area contributed by atoms with Gasteiger partial charge in [0.25, 0.3) is 0 Å². The van der Waals surface area contributed by atoms with Crippen molar-refractivity contribution in [3.8, 4) is 0 Å². The fourth-order valence-electron chi connectivity index (χ4n) is 3.52. The molecule has 0 aromatic carbocycles. The van der Waals surface area contributed by atoms with Crippen molar-refractivity contribution in [3.05, 3.63) is 6.33 Å². The number of piperidine rings is 1. The highest BCUT2D eigenvalue weighted by molar-refractivity contribution is 7.98. The molecule has 2 aliphatic heterocycles. The number of imidazole rings is 1. The van der Waals surface area contributed by atoms with Gasteiger partial charge in [-0.15, -0.1) is 0 Å². The first kappa shape index (κ1) is 18.8. The molecule has 4 N–H and O–H groups in total. The Morgan fingerprint density at radius 2 is 2.00 bits per heavy atom. The van der Waals surface area contributed by atoms with Gasteiger partial charge in [0, 0.05) is 13.1 Å². The molecule has 27 heavy (non-hydrogen) atoms. The Hall–Kier alpha value is -1.50. The number of hydrogen-bond donors (Lipinski definition) is 4. The average Bonchev–Trinajstić information content (AvgIpc) is 3.24. The number of thioether (sulfide) groups is 1. The SMILES string of the molecule is CSc1nc(NN2CCCCC2)c2ncn([C@@H]3O[C@H](CO)C(O)C3O)c2n1. The Bertz CT molecular complexity index is 799. The Balaban J connectivity index is 1.70. The van der Waals surface area contributed by atoms with Crippen LogP contribution < -0.4 is 5.43 Å². The summed E-state index contributed by atoms with van der Waals surface area (Å²) in [6.07, 6.45) is 2.81. The monoisotopic (exact) mass is 396 g/mol. The number of anilines is 1. The molecule has 0 aliphatic carbocycles. The topological polar surface area (TPSA) is 129 Å². The summed E-state index contributed by atoms with van der Waals surface area (Å²) in [5.41, 5.74) is 4.41. The van der Waals surface area contributed by atoms with E-state index in [4.69, 9.17) is 4.74 Å². The lowest BCUT2D eigenvalue weighted by molar-refractivity contribution is -0.0511. The van der Waals surface area contributed by atoms with Gasteiger partial charge in [0.2, 0.25) is 0 Å². The lowest BCUT2D eigenvalue weighted by atomic mass is 10.1. The number of aromatic nitrogens is 4. The molecule has 0 bridgehead atoms. The van der Waals surface area contributed by atoms with Crippen LogP contribution in [0.1, 0.15) is 25.5 Å². The number of hydrogen-bond acceptors (Lipinski definition) is 10. The van der Waals surface area contributed by atoms with Crippen LogP contribution >= 0.6 is 11.8 Å². The molecular weight excluding hydrogens is 372 g/mol. The van der Waals surface area contributed by atoms with E-state index in [0.717, 1.165) is 25.9 Å². The van der Waals surface area contributed by atoms with Crippen molar-refractivity contribution in [3.63, 3.8) is 0 Å². The molecule has 0 amide bonds. The molecular formula is C16H24N6O4S. The third-order valence-corrected chi connectivity index (χ3v) is 5.54. The maximum atomic E-state index is 10.3. The second kappa shape index (κ2) is 7.86. The summed E-state index contributed by atoms with van der Waals surface area (Å²) in [6.45, 7) is 1.50. The van der Waals surface area contributed by atoms with E-state index < -0.39 is 24.5 Å². The van der Waals surface area contributed by atoms with E-state index >= 15 is 0 Å². The number of aliphatic hydroxyl groups is 3. The van der Waals surface area contributed by atoms with Crippen molar-refractivity contribution in [1.29, 1.82) is 0 Å². The van der Waals surface area contributed by atoms with Crippen LogP contribution in [0.4, 0.5) is 5.82 Å². The van der Waals surface area contributed by atoms with Crippen LogP contribution in [0.3, 0.4) is 0 Å². The van der Waals surface area contributed by atoms with Crippen molar-refractivity contribution >= 4 is 28.7 Å². The van der Waals surface area contributed by atoms with Crippen LogP contribution in [0, 0.1) is 0 Å². The zero-order valence-electron chi connectivity index (χ0n) is 15.0. The van der Waals surface area contributed by atoms with Gasteiger partial charge < -0.3 is 25.5 Å². The predicted molar refractivity (Wildman–Crippen MR) is 99.2 cm³/mol. The molecule has 2 aromatic heterocycles. The van der Waals surface area contributed by atoms with Gasteiger partial charge in [-0.25, -0.2) is 20.0 Å². The van der Waals surface area contributed by atoms with Crippen LogP contribution in [0.2, 0.25) is 0 Å². The van der Waals surface area contributed by atoms with Gasteiger partial charge in [-0.2, -0.15) is 0 Å². The molecule has 2 aliphatic rings. The van der Waals surface area contributed by atoms with E-state index in [-0.39, 0.29) is 6.61 Å². The van der Waals surface area contributed by atoms with Crippen molar-refractivity contribution < 1.29 is 20.1 Å². The van der Waals surface area contributed by atoms with E-state index in [2.05, 4.69) is 25.4 Å². The molecule has 148 valence electrons. The lowest BCUT2D eigenvalue weighted by Crippen LogP contribution is -2.35. The largest absolute Gasteiger partial charge is 0.394 e. The maximum absolute atomic E-state index is 10.3. The van der Waals surface area contributed by atoms with Crippen LogP contribution in [0.15, 0.2) is 11.5 Å². The van der Waals surface area contributed by atoms with E-state index in [1.54, 1.807) is 4.57 Å². The highest BCUT2D eigenvalue weighted by Crippen LogP contribution is 2.33. The van der Waals surface area contributed by atoms with Gasteiger partial charge in [0.1, 0.15) is 18.3 Å². The van der Waals surface area contributed by atoms with E-state index in [0.29, 0.717) is 22.1 Å². The minimum Gasteiger partial charge on any atom is -0.394 e. The lowest BCUT2D eigenvalue weighted by Gasteiger charge is -2.27. The molecule has 2 unspecified atom stereocenters. The van der Waals surface area contributed by atoms with Gasteiger partial charge >= 0.3 is 0 Å². The summed E-state index contributed by atoms with van der Waals surface area (Å²) >= 11 is 1.41. The van der Waals surface area contributed by atoms with Crippen molar-refractivity contribution in [2.75, 3.05) is 31.4 Å². The van der Waals surface area contributed by atoms with Gasteiger partial charge in [0.15, 0.2) is 28.4 Å². The van der Waals surface area contributed by atoms with Crippen LogP contribution in [0.5, 0.6) is 0 Å². The summed E-state index contributed by atoms with van der Waals surface area (Å²) in [5.74, 6) is 0.608. The van der Waals surface area contributed by atoms with Crippen LogP contribution in [0.25, 0.3) is 11.2 Å². The predicted octanol–water partition coefficient (Wildman–Crippen LogP) is -0.0275. The first-order valence-electron chi connectivity index (χ1n) is 9.05. The molecule has 4 heterocycles. The number of aliphatic hydroxyl groups excluding tert-OH is 3. The molecule has 0 radical (unpaired) electrons. The average molecular weight is 396 g/mol. The molecule has 2 fully saturated rings. The quantitative estimate of drug-likeness (QED) is 0.404. The summed E-state index contributed by atoms with van der Waals surface area (Å²) in [7, 11) is 0. The normalized spacial score (nSPS) is 29.5. The van der Waals surface area contributed by atoms with Gasteiger partial charge in [-0.3, -0.25) is 4.57 Å². The molecule has 4 rings (SSSR count). The second-order valence-corrected chi connectivity index (χ2v) is 7.54. The number of ether oxygens (including phenoxy) is 1. The Morgan fingerprint density at radius 3 is 2.67 bits per heavy atom. The number of nitrogens with one attached hydrogen (secondary N) is 1. The van der Waals surface area contributed by atoms with E-state index in [9.17, 15) is 15.3 Å². The first-order chi connectivity index (χ1) is 13.1. The third-order valence-electron chi connectivity index (χ3n) is 4.99. The van der Waals surface area contributed by atoms with Gasteiger partial charge in [-0.1, -0.05) is 18.2 Å². The fourth-order valence-corrected chi connectivity index (χ4v) is 3.88. The minimum absolute atomic E-state index is 0.381. The van der Waals surface area contributed by atoms with Crippen LogP contribution in [-0.4, -0.2) is 84.1 Å². The zero-order valence-corrected chi connectivity index (χ0v) is 15.8. The zero-order chi connectivity index (χ0) is 19.0. The molecule has 10 nitrogen and oxygen atoms in total. The highest BCUT2D eigenvalue weighted by atomic mass is 32.2. The third kappa shape index (κ3) is 3.50. The highest BCUT2D eigenvalue weighted by Gasteiger charge is 2.44. The Kier molecular flexibility index (Phi) is 5.48. The number of nitrogens with zero attached hydrogens (tertiary/aromatic N) is 5. The smallest absolute Gasteiger partial charge is 0.191 e. The van der Waals surface area contributed by atoms with E-state index in [1.807, 2.05) is 6.26 Å². The first-order valence-corrected chi connectivity index (χ1v) is 10.3. The molecule has 0 saturated carbocycles. The summed E-state index contributed by atoms with van der Waals surface area (Å²) in [5, 5.41) is 32.4. The summed E-state index contributed by atoms with van der Waals surface area (Å²) < 4.78 is 7.21. The maximum Gasteiger partial charge on any atom is 0.191 e. The van der Waals surface area contributed by atoms with E-state index in [1.165, 1.54) is 24.5 Å². The van der Waals surface area contributed by atoms with Crippen molar-refractivity contribution in [2.24, 2.45) is 0 Å². The molecule has 11 heteroatoms. The van der Waals surface area contributed by atoms with Gasteiger partial charge in [-0.05, 0) is 19.1 Å². The van der Waals surface area contributed by atoms with Crippen LogP contribution in [-0.2, 0) is 4.74 Å². The standard InChI is InChI=1S/C16H24N6O4S/c1-27-16-18-13(20-21-5-3-2-4-6-21)10-14(19-16)22(8-17-10)15-12(25)11(24)9(7-23)26-15/h8-9,11-12,15,23-25H,2-7H2,1H3,(H,18,19,20)/t9-,11?,12?,15-/m1/s1. The number of fused-ring (bicyclic) bond motifs is 1. The molecule has 2 aromatic rings. The number of rotatable bonds is 5. The van der Waals surface area contributed by atoms with Gasteiger partial charge in [0.05, 0.1) is 12.9 Å². The number of hydrazine groups is 1. The minimum atomic E-state index is -1.19. The Morgan fingerprint density at radius 1 is 1.22 bits per heavy atom. The molecule has 4 atom stereocenters.